The van der Waals surface area contributed by atoms with Gasteiger partial charge in [-0.3, -0.25) is 4.79 Å². The molecule has 88 valence electrons. The summed E-state index contributed by atoms with van der Waals surface area (Å²) in [6.07, 6.45) is 0.875. The van der Waals surface area contributed by atoms with Crippen molar-refractivity contribution < 1.29 is 4.79 Å². The predicted octanol–water partition coefficient (Wildman–Crippen LogP) is 2.42. The minimum Gasteiger partial charge on any atom is -0.308 e. The van der Waals surface area contributed by atoms with Crippen LogP contribution in [0, 0.1) is 5.41 Å². The van der Waals surface area contributed by atoms with E-state index in [2.05, 4.69) is 17.9 Å². The lowest BCUT2D eigenvalue weighted by Crippen LogP contribution is -2.36. The van der Waals surface area contributed by atoms with E-state index in [1.807, 2.05) is 32.3 Å². The Balaban J connectivity index is 0.00000128. The molecule has 0 aromatic heterocycles. The highest BCUT2D eigenvalue weighted by Gasteiger charge is 2.41. The predicted molar refractivity (Wildman–Crippen MR) is 68.4 cm³/mol. The van der Waals surface area contributed by atoms with Crippen LogP contribution in [0.15, 0.2) is 24.3 Å². The van der Waals surface area contributed by atoms with Crippen molar-refractivity contribution in [2.45, 2.75) is 13.3 Å². The first kappa shape index (κ1) is 13.2. The average molecular weight is 240 g/mol. The molecule has 0 amide bonds. The van der Waals surface area contributed by atoms with Crippen molar-refractivity contribution >= 4 is 18.2 Å². The van der Waals surface area contributed by atoms with Crippen molar-refractivity contribution in [3.8, 4) is 0 Å². The third-order valence-electron chi connectivity index (χ3n) is 3.06. The smallest absolute Gasteiger partial charge is 0.170 e. The second-order valence-corrected chi connectivity index (χ2v) is 4.96. The highest BCUT2D eigenvalue weighted by molar-refractivity contribution is 6.04. The molecule has 0 N–H and O–H groups in total. The van der Waals surface area contributed by atoms with E-state index in [-0.39, 0.29) is 17.8 Å². The number of hydrogen-bond acceptors (Lipinski definition) is 2. The Bertz CT molecular complexity index is 403. The second-order valence-electron chi connectivity index (χ2n) is 4.96. The summed E-state index contributed by atoms with van der Waals surface area (Å²) in [6, 6.07) is 7.96. The molecule has 3 heteroatoms. The van der Waals surface area contributed by atoms with Gasteiger partial charge in [0.25, 0.3) is 0 Å². The highest BCUT2D eigenvalue weighted by Crippen LogP contribution is 2.36. The monoisotopic (exact) mass is 239 g/mol. The molecule has 0 aliphatic heterocycles. The number of carbonyl (C=O) groups is 1. The molecule has 1 unspecified atom stereocenters. The minimum atomic E-state index is -0.229. The minimum absolute atomic E-state index is 0. The van der Waals surface area contributed by atoms with Crippen molar-refractivity contribution in [3.05, 3.63) is 35.4 Å². The molecule has 1 aromatic rings. The van der Waals surface area contributed by atoms with Crippen LogP contribution in [0.25, 0.3) is 0 Å². The van der Waals surface area contributed by atoms with Gasteiger partial charge in [-0.1, -0.05) is 31.2 Å². The summed E-state index contributed by atoms with van der Waals surface area (Å²) in [5.74, 6) is 0.298. The average Bonchev–Trinajstić information content (AvgIpc) is 2.39. The fourth-order valence-electron chi connectivity index (χ4n) is 2.55. The molecular weight excluding hydrogens is 222 g/mol. The SMILES string of the molecule is CN(C)CC1(C)Cc2ccccc2C1=O.Cl. The number of ketones is 1. The topological polar surface area (TPSA) is 20.3 Å². The van der Waals surface area contributed by atoms with Crippen molar-refractivity contribution in [1.29, 1.82) is 0 Å². The number of benzene rings is 1. The normalized spacial score (nSPS) is 23.1. The van der Waals surface area contributed by atoms with Crippen LogP contribution in [0.4, 0.5) is 0 Å². The fraction of sp³-hybridized carbons (Fsp3) is 0.462. The summed E-state index contributed by atoms with van der Waals surface area (Å²) in [7, 11) is 4.03. The van der Waals surface area contributed by atoms with Crippen LogP contribution >= 0.6 is 12.4 Å². The molecule has 2 nitrogen and oxygen atoms in total. The maximum absolute atomic E-state index is 12.2. The van der Waals surface area contributed by atoms with Crippen molar-refractivity contribution in [2.24, 2.45) is 5.41 Å². The summed E-state index contributed by atoms with van der Waals surface area (Å²) in [5, 5.41) is 0. The number of carbonyl (C=O) groups excluding carboxylic acids is 1. The van der Waals surface area contributed by atoms with Crippen LogP contribution in [0.5, 0.6) is 0 Å². The van der Waals surface area contributed by atoms with Gasteiger partial charge in [-0.2, -0.15) is 0 Å². The zero-order valence-electron chi connectivity index (χ0n) is 9.99. The van der Waals surface area contributed by atoms with E-state index in [4.69, 9.17) is 0 Å². The van der Waals surface area contributed by atoms with Gasteiger partial charge >= 0.3 is 0 Å². The molecule has 0 radical (unpaired) electrons. The van der Waals surface area contributed by atoms with Crippen LogP contribution in [-0.4, -0.2) is 31.3 Å². The van der Waals surface area contributed by atoms with Crippen LogP contribution < -0.4 is 0 Å². The molecule has 0 bridgehead atoms. The molecule has 0 saturated heterocycles. The summed E-state index contributed by atoms with van der Waals surface area (Å²) in [5.41, 5.74) is 1.89. The molecule has 1 aliphatic carbocycles. The maximum atomic E-state index is 12.2. The molecule has 0 saturated carbocycles. The van der Waals surface area contributed by atoms with E-state index in [0.29, 0.717) is 5.78 Å². The summed E-state index contributed by atoms with van der Waals surface area (Å²) < 4.78 is 0. The number of fused-ring (bicyclic) bond motifs is 1. The molecule has 1 aromatic carbocycles. The summed E-state index contributed by atoms with van der Waals surface area (Å²) in [4.78, 5) is 14.3. The van der Waals surface area contributed by atoms with Crippen molar-refractivity contribution in [2.75, 3.05) is 20.6 Å². The Hall–Kier alpha value is -0.860. The Kier molecular flexibility index (Phi) is 3.76. The molecule has 0 spiro atoms. The van der Waals surface area contributed by atoms with Gasteiger partial charge in [0.2, 0.25) is 0 Å². The number of Topliss-reactive ketones (excluding diaryl/α,β-unsaturated/α-hetero) is 1. The van der Waals surface area contributed by atoms with Crippen LogP contribution in [0.2, 0.25) is 0 Å². The summed E-state index contributed by atoms with van der Waals surface area (Å²) in [6.45, 7) is 2.88. The van der Waals surface area contributed by atoms with Gasteiger partial charge in [-0.15, -0.1) is 12.4 Å². The molecule has 0 heterocycles. The number of nitrogens with zero attached hydrogens (tertiary/aromatic N) is 1. The first-order valence-electron chi connectivity index (χ1n) is 5.30. The lowest BCUT2D eigenvalue weighted by atomic mass is 9.85. The molecule has 0 fully saturated rings. The molecular formula is C13H18ClNO. The number of hydrogen-bond donors (Lipinski definition) is 0. The van der Waals surface area contributed by atoms with E-state index in [9.17, 15) is 4.79 Å². The standard InChI is InChI=1S/C13H17NO.ClH/c1-13(9-14(2)3)8-10-6-4-5-7-11(10)12(13)15;/h4-7H,8-9H2,1-3H3;1H. The Morgan fingerprint density at radius 1 is 1.31 bits per heavy atom. The van der Waals surface area contributed by atoms with Crippen LogP contribution in [0.3, 0.4) is 0 Å². The lowest BCUT2D eigenvalue weighted by molar-refractivity contribution is 0.0799. The largest absolute Gasteiger partial charge is 0.308 e. The van der Waals surface area contributed by atoms with E-state index in [0.717, 1.165) is 18.5 Å². The van der Waals surface area contributed by atoms with Gasteiger partial charge in [0, 0.05) is 17.5 Å². The van der Waals surface area contributed by atoms with E-state index in [1.54, 1.807) is 0 Å². The van der Waals surface area contributed by atoms with Crippen LogP contribution in [-0.2, 0) is 6.42 Å². The Morgan fingerprint density at radius 2 is 1.94 bits per heavy atom. The van der Waals surface area contributed by atoms with Crippen LogP contribution in [0.1, 0.15) is 22.8 Å². The van der Waals surface area contributed by atoms with E-state index in [1.165, 1.54) is 5.56 Å². The zero-order chi connectivity index (χ0) is 11.1. The van der Waals surface area contributed by atoms with E-state index >= 15 is 0 Å². The first-order chi connectivity index (χ1) is 7.03. The third kappa shape index (κ3) is 2.13. The van der Waals surface area contributed by atoms with Gasteiger partial charge in [-0.25, -0.2) is 0 Å². The Labute approximate surface area is 103 Å². The third-order valence-corrected chi connectivity index (χ3v) is 3.06. The van der Waals surface area contributed by atoms with Gasteiger partial charge in [0.15, 0.2) is 5.78 Å². The fourth-order valence-corrected chi connectivity index (χ4v) is 2.55. The zero-order valence-corrected chi connectivity index (χ0v) is 10.8. The number of halogens is 1. The number of rotatable bonds is 2. The second kappa shape index (κ2) is 4.56. The van der Waals surface area contributed by atoms with E-state index < -0.39 is 0 Å². The van der Waals surface area contributed by atoms with Gasteiger partial charge < -0.3 is 4.90 Å². The molecule has 2 rings (SSSR count). The molecule has 16 heavy (non-hydrogen) atoms. The lowest BCUT2D eigenvalue weighted by Gasteiger charge is -2.25. The van der Waals surface area contributed by atoms with Gasteiger partial charge in [0.1, 0.15) is 0 Å². The van der Waals surface area contributed by atoms with Gasteiger partial charge in [0.05, 0.1) is 0 Å². The van der Waals surface area contributed by atoms with Crippen molar-refractivity contribution in [3.63, 3.8) is 0 Å². The first-order valence-corrected chi connectivity index (χ1v) is 5.30. The summed E-state index contributed by atoms with van der Waals surface area (Å²) >= 11 is 0. The maximum Gasteiger partial charge on any atom is 0.170 e. The Morgan fingerprint density at radius 3 is 2.50 bits per heavy atom. The highest BCUT2D eigenvalue weighted by atomic mass is 35.5. The molecule has 1 atom stereocenters. The van der Waals surface area contributed by atoms with Crippen molar-refractivity contribution in [1.82, 2.24) is 4.90 Å². The van der Waals surface area contributed by atoms with Gasteiger partial charge in [-0.05, 0) is 26.1 Å². The molecule has 1 aliphatic rings. The quantitative estimate of drug-likeness (QED) is 0.790.